The Hall–Kier alpha value is -1.88. The minimum absolute atomic E-state index is 0.160. The van der Waals surface area contributed by atoms with Crippen molar-refractivity contribution in [1.29, 1.82) is 0 Å². The Morgan fingerprint density at radius 1 is 1.56 bits per heavy atom. The van der Waals surface area contributed by atoms with Gasteiger partial charge in [0, 0.05) is 12.1 Å². The summed E-state index contributed by atoms with van der Waals surface area (Å²) >= 11 is 5.79. The number of carbonyl (C=O) groups is 1. The van der Waals surface area contributed by atoms with Gasteiger partial charge in [0.05, 0.1) is 22.6 Å². The standard InChI is InChI=1S/C10H8ClNO4/c1-16-10(13)6-5-7-8(11)3-2-4-9(7)12(14)15/h2-6H,1H3/b6-5+. The largest absolute Gasteiger partial charge is 0.466 e. The summed E-state index contributed by atoms with van der Waals surface area (Å²) in [6.07, 6.45) is 2.33. The molecule has 0 spiro atoms. The van der Waals surface area contributed by atoms with Crippen molar-refractivity contribution in [1.82, 2.24) is 0 Å². The molecule has 1 rings (SSSR count). The van der Waals surface area contributed by atoms with Gasteiger partial charge in [-0.25, -0.2) is 4.79 Å². The summed E-state index contributed by atoms with van der Waals surface area (Å²) in [5, 5.41) is 10.9. The lowest BCUT2D eigenvalue weighted by molar-refractivity contribution is -0.385. The average molecular weight is 242 g/mol. The molecule has 0 radical (unpaired) electrons. The molecule has 1 aromatic rings. The second-order valence-electron chi connectivity index (χ2n) is 2.79. The molecule has 0 unspecified atom stereocenters. The molecule has 0 bridgehead atoms. The van der Waals surface area contributed by atoms with E-state index in [2.05, 4.69) is 4.74 Å². The Bertz CT molecular complexity index is 456. The number of methoxy groups -OCH3 is 1. The second-order valence-corrected chi connectivity index (χ2v) is 3.19. The number of nitro groups is 1. The van der Waals surface area contributed by atoms with Crippen LogP contribution in [0.1, 0.15) is 5.56 Å². The third-order valence-electron chi connectivity index (χ3n) is 1.81. The third kappa shape index (κ3) is 2.80. The van der Waals surface area contributed by atoms with Gasteiger partial charge in [0.2, 0.25) is 0 Å². The maximum Gasteiger partial charge on any atom is 0.330 e. The lowest BCUT2D eigenvalue weighted by Gasteiger charge is -1.99. The molecule has 0 aliphatic rings. The Morgan fingerprint density at radius 3 is 2.81 bits per heavy atom. The fourth-order valence-corrected chi connectivity index (χ4v) is 1.30. The summed E-state index contributed by atoms with van der Waals surface area (Å²) in [6, 6.07) is 4.28. The molecule has 6 heteroatoms. The van der Waals surface area contributed by atoms with E-state index in [0.29, 0.717) is 0 Å². The molecular weight excluding hydrogens is 234 g/mol. The quantitative estimate of drug-likeness (QED) is 0.353. The van der Waals surface area contributed by atoms with Gasteiger partial charge in [0.25, 0.3) is 5.69 Å². The van der Waals surface area contributed by atoms with Gasteiger partial charge in [0.15, 0.2) is 0 Å². The van der Waals surface area contributed by atoms with Crippen molar-refractivity contribution >= 4 is 29.3 Å². The topological polar surface area (TPSA) is 69.4 Å². The lowest BCUT2D eigenvalue weighted by Crippen LogP contribution is -1.95. The molecule has 0 aliphatic heterocycles. The minimum atomic E-state index is -0.603. The molecule has 0 aliphatic carbocycles. The van der Waals surface area contributed by atoms with Crippen LogP contribution in [-0.4, -0.2) is 18.0 Å². The summed E-state index contributed by atoms with van der Waals surface area (Å²) in [6.45, 7) is 0. The zero-order valence-electron chi connectivity index (χ0n) is 8.34. The minimum Gasteiger partial charge on any atom is -0.466 e. The van der Waals surface area contributed by atoms with Crippen LogP contribution in [0.25, 0.3) is 6.08 Å². The Balaban J connectivity index is 3.16. The summed E-state index contributed by atoms with van der Waals surface area (Å²) < 4.78 is 4.37. The van der Waals surface area contributed by atoms with Crippen molar-refractivity contribution in [3.8, 4) is 0 Å². The molecule has 0 N–H and O–H groups in total. The first-order valence-corrected chi connectivity index (χ1v) is 4.63. The zero-order valence-corrected chi connectivity index (χ0v) is 9.10. The van der Waals surface area contributed by atoms with Gasteiger partial charge in [-0.2, -0.15) is 0 Å². The maximum absolute atomic E-state index is 10.9. The Kier molecular flexibility index (Phi) is 4.02. The lowest BCUT2D eigenvalue weighted by atomic mass is 10.1. The fourth-order valence-electron chi connectivity index (χ4n) is 1.07. The van der Waals surface area contributed by atoms with E-state index in [1.807, 2.05) is 0 Å². The third-order valence-corrected chi connectivity index (χ3v) is 2.14. The van der Waals surface area contributed by atoms with E-state index in [0.717, 1.165) is 6.08 Å². The predicted octanol–water partition coefficient (Wildman–Crippen LogP) is 2.43. The van der Waals surface area contributed by atoms with E-state index >= 15 is 0 Å². The van der Waals surface area contributed by atoms with Crippen molar-refractivity contribution < 1.29 is 14.5 Å². The van der Waals surface area contributed by atoms with Crippen molar-refractivity contribution in [2.45, 2.75) is 0 Å². The van der Waals surface area contributed by atoms with Crippen LogP contribution in [0.5, 0.6) is 0 Å². The molecule has 0 saturated carbocycles. The number of nitro benzene ring substituents is 1. The zero-order chi connectivity index (χ0) is 12.1. The number of esters is 1. The smallest absolute Gasteiger partial charge is 0.330 e. The molecule has 0 atom stereocenters. The van der Waals surface area contributed by atoms with Crippen LogP contribution in [-0.2, 0) is 9.53 Å². The molecule has 0 heterocycles. The van der Waals surface area contributed by atoms with Gasteiger partial charge in [-0.3, -0.25) is 10.1 Å². The van der Waals surface area contributed by atoms with Crippen LogP contribution in [0.15, 0.2) is 24.3 Å². The van der Waals surface area contributed by atoms with Crippen molar-refractivity contribution in [3.63, 3.8) is 0 Å². The van der Waals surface area contributed by atoms with Crippen LogP contribution in [0.3, 0.4) is 0 Å². The molecule has 16 heavy (non-hydrogen) atoms. The molecular formula is C10H8ClNO4. The monoisotopic (exact) mass is 241 g/mol. The SMILES string of the molecule is COC(=O)/C=C/c1c(Cl)cccc1[N+](=O)[O-]. The van der Waals surface area contributed by atoms with Gasteiger partial charge in [-0.1, -0.05) is 17.7 Å². The Labute approximate surface area is 96.4 Å². The van der Waals surface area contributed by atoms with Crippen molar-refractivity contribution in [2.75, 3.05) is 7.11 Å². The van der Waals surface area contributed by atoms with Crippen molar-refractivity contribution in [2.24, 2.45) is 0 Å². The highest BCUT2D eigenvalue weighted by atomic mass is 35.5. The number of benzene rings is 1. The highest BCUT2D eigenvalue weighted by Gasteiger charge is 2.14. The number of ether oxygens (including phenoxy) is 1. The average Bonchev–Trinajstić information content (AvgIpc) is 2.26. The van der Waals surface area contributed by atoms with Crippen LogP contribution >= 0.6 is 11.6 Å². The highest BCUT2D eigenvalue weighted by Crippen LogP contribution is 2.27. The number of hydrogen-bond donors (Lipinski definition) is 0. The van der Waals surface area contributed by atoms with E-state index in [1.54, 1.807) is 0 Å². The van der Waals surface area contributed by atoms with Crippen LogP contribution in [0.4, 0.5) is 5.69 Å². The van der Waals surface area contributed by atoms with E-state index < -0.39 is 10.9 Å². The van der Waals surface area contributed by atoms with E-state index in [1.165, 1.54) is 31.4 Å². The van der Waals surface area contributed by atoms with E-state index in [9.17, 15) is 14.9 Å². The first-order chi connectivity index (χ1) is 7.56. The number of carbonyl (C=O) groups excluding carboxylic acids is 1. The predicted molar refractivity (Wildman–Crippen MR) is 59.2 cm³/mol. The molecule has 0 amide bonds. The van der Waals surface area contributed by atoms with E-state index in [4.69, 9.17) is 11.6 Å². The van der Waals surface area contributed by atoms with Gasteiger partial charge >= 0.3 is 5.97 Å². The van der Waals surface area contributed by atoms with Crippen LogP contribution in [0.2, 0.25) is 5.02 Å². The summed E-state index contributed by atoms with van der Waals surface area (Å²) in [5.74, 6) is -0.603. The molecule has 0 fully saturated rings. The summed E-state index contributed by atoms with van der Waals surface area (Å²) in [5.41, 5.74) is 0.0206. The highest BCUT2D eigenvalue weighted by molar-refractivity contribution is 6.32. The second kappa shape index (κ2) is 5.27. The molecule has 0 aromatic heterocycles. The Morgan fingerprint density at radius 2 is 2.25 bits per heavy atom. The van der Waals surface area contributed by atoms with Crippen LogP contribution in [0, 0.1) is 10.1 Å². The van der Waals surface area contributed by atoms with Crippen molar-refractivity contribution in [3.05, 3.63) is 45.0 Å². The number of rotatable bonds is 3. The number of hydrogen-bond acceptors (Lipinski definition) is 4. The van der Waals surface area contributed by atoms with Gasteiger partial charge in [-0.05, 0) is 12.1 Å². The van der Waals surface area contributed by atoms with Crippen LogP contribution < -0.4 is 0 Å². The molecule has 0 saturated heterocycles. The van der Waals surface area contributed by atoms with E-state index in [-0.39, 0.29) is 16.3 Å². The summed E-state index contributed by atoms with van der Waals surface area (Å²) in [4.78, 5) is 21.0. The normalized spacial score (nSPS) is 10.4. The number of nitrogens with zero attached hydrogens (tertiary/aromatic N) is 1. The summed E-state index contributed by atoms with van der Waals surface area (Å²) in [7, 11) is 1.22. The molecule has 84 valence electrons. The number of halogens is 1. The molecule has 5 nitrogen and oxygen atoms in total. The maximum atomic E-state index is 10.9. The molecule has 1 aromatic carbocycles. The first kappa shape index (κ1) is 12.2. The fraction of sp³-hybridized carbons (Fsp3) is 0.100. The van der Waals surface area contributed by atoms with Gasteiger partial charge in [-0.15, -0.1) is 0 Å². The first-order valence-electron chi connectivity index (χ1n) is 4.25. The van der Waals surface area contributed by atoms with Gasteiger partial charge < -0.3 is 4.74 Å². The van der Waals surface area contributed by atoms with Gasteiger partial charge in [0.1, 0.15) is 0 Å².